The number of pyridine rings is 1. The summed E-state index contributed by atoms with van der Waals surface area (Å²) >= 11 is 1.67. The number of methoxy groups -OCH3 is 1. The predicted molar refractivity (Wildman–Crippen MR) is 146 cm³/mol. The fraction of sp³-hybridized carbons (Fsp3) is 0.483. The first kappa shape index (κ1) is 25.5. The van der Waals surface area contributed by atoms with Gasteiger partial charge >= 0.3 is 6.09 Å². The molecule has 0 radical (unpaired) electrons. The van der Waals surface area contributed by atoms with E-state index >= 15 is 0 Å². The lowest BCUT2D eigenvalue weighted by atomic mass is 9.93. The molecule has 0 aliphatic heterocycles. The largest absolute Gasteiger partial charge is 0.494 e. The lowest BCUT2D eigenvalue weighted by molar-refractivity contribution is 0.0208. The molecule has 37 heavy (non-hydrogen) atoms. The second kappa shape index (κ2) is 9.31. The Morgan fingerprint density at radius 1 is 1.16 bits per heavy atom. The van der Waals surface area contributed by atoms with Gasteiger partial charge in [-0.05, 0) is 83.6 Å². The van der Waals surface area contributed by atoms with Crippen LogP contribution < -0.4 is 10.2 Å². The Hall–Kier alpha value is -3.13. The van der Waals surface area contributed by atoms with Gasteiger partial charge in [0.2, 0.25) is 0 Å². The molecule has 1 aromatic carbocycles. The molecule has 3 aromatic rings. The second-order valence-corrected chi connectivity index (χ2v) is 12.2. The summed E-state index contributed by atoms with van der Waals surface area (Å²) in [6.45, 7) is 7.06. The summed E-state index contributed by atoms with van der Waals surface area (Å²) < 4.78 is 13.7. The third kappa shape index (κ3) is 4.67. The van der Waals surface area contributed by atoms with Gasteiger partial charge in [-0.3, -0.25) is 9.59 Å². The normalized spacial score (nSPS) is 17.4. The fourth-order valence-corrected chi connectivity index (χ4v) is 6.62. The van der Waals surface area contributed by atoms with Crippen molar-refractivity contribution in [2.24, 2.45) is 0 Å². The predicted octanol–water partition coefficient (Wildman–Crippen LogP) is 6.52. The van der Waals surface area contributed by atoms with Crippen molar-refractivity contribution in [3.05, 3.63) is 50.6 Å². The number of amides is 1. The van der Waals surface area contributed by atoms with Gasteiger partial charge in [0.05, 0.1) is 29.6 Å². The maximum Gasteiger partial charge on any atom is 0.410 e. The van der Waals surface area contributed by atoms with E-state index in [1.54, 1.807) is 29.5 Å². The molecule has 1 atom stereocenters. The van der Waals surface area contributed by atoms with Crippen molar-refractivity contribution >= 4 is 34.1 Å². The Morgan fingerprint density at radius 3 is 2.51 bits per heavy atom. The molecule has 2 aliphatic rings. The van der Waals surface area contributed by atoms with E-state index in [9.17, 15) is 14.4 Å². The second-order valence-electron chi connectivity index (χ2n) is 11.1. The minimum absolute atomic E-state index is 0.0495. The van der Waals surface area contributed by atoms with Crippen LogP contribution in [0.4, 0.5) is 4.79 Å². The number of fused-ring (bicyclic) bond motifs is 2. The molecular formula is C29H34N2O5S. The van der Waals surface area contributed by atoms with Crippen molar-refractivity contribution in [2.45, 2.75) is 77.5 Å². The summed E-state index contributed by atoms with van der Waals surface area (Å²) in [5, 5.41) is 0.504. The van der Waals surface area contributed by atoms with Crippen molar-refractivity contribution in [1.29, 1.82) is 0 Å². The highest BCUT2D eigenvalue weighted by molar-refractivity contribution is 7.15. The van der Waals surface area contributed by atoms with Crippen LogP contribution in [0.15, 0.2) is 29.2 Å². The lowest BCUT2D eigenvalue weighted by Gasteiger charge is -2.32. The van der Waals surface area contributed by atoms with Crippen LogP contribution in [0.25, 0.3) is 21.3 Å². The average molecular weight is 523 g/mol. The molecule has 0 N–H and O–H groups in total. The molecule has 5 rings (SSSR count). The number of ether oxygens (including phenoxy) is 2. The van der Waals surface area contributed by atoms with Gasteiger partial charge in [0, 0.05) is 34.6 Å². The molecule has 1 amide bonds. The Bertz CT molecular complexity index is 1460. The molecular weight excluding hydrogens is 488 g/mol. The summed E-state index contributed by atoms with van der Waals surface area (Å²) in [5.74, 6) is 0.419. The monoisotopic (exact) mass is 522 g/mol. The van der Waals surface area contributed by atoms with Crippen molar-refractivity contribution < 1.29 is 19.1 Å². The summed E-state index contributed by atoms with van der Waals surface area (Å²) in [5.41, 5.74) is 2.30. The summed E-state index contributed by atoms with van der Waals surface area (Å²) in [6, 6.07) is 6.15. The van der Waals surface area contributed by atoms with Gasteiger partial charge in [0.15, 0.2) is 17.0 Å². The van der Waals surface area contributed by atoms with Crippen molar-refractivity contribution in [1.82, 2.24) is 9.47 Å². The number of thiophene rings is 1. The Kier molecular flexibility index (Phi) is 6.42. The maximum absolute atomic E-state index is 13.2. The average Bonchev–Trinajstić information content (AvgIpc) is 3.59. The number of carbonyl (C=O) groups excluding carboxylic acids is 2. The zero-order valence-electron chi connectivity index (χ0n) is 22.3. The van der Waals surface area contributed by atoms with E-state index in [0.29, 0.717) is 11.1 Å². The summed E-state index contributed by atoms with van der Waals surface area (Å²) in [4.78, 5) is 42.1. The van der Waals surface area contributed by atoms with Gasteiger partial charge < -0.3 is 18.9 Å². The first-order chi connectivity index (χ1) is 17.5. The molecule has 0 bridgehead atoms. The third-order valence-corrected chi connectivity index (χ3v) is 8.47. The van der Waals surface area contributed by atoms with Gasteiger partial charge in [-0.1, -0.05) is 0 Å². The van der Waals surface area contributed by atoms with E-state index in [4.69, 9.17) is 9.47 Å². The van der Waals surface area contributed by atoms with Gasteiger partial charge in [0.1, 0.15) is 5.60 Å². The molecule has 0 saturated heterocycles. The number of Topliss-reactive ketones (excluding diaryl/α,β-unsaturated/α-hetero) is 1. The molecule has 1 saturated carbocycles. The van der Waals surface area contributed by atoms with Crippen molar-refractivity contribution in [3.8, 4) is 16.2 Å². The number of hydrogen-bond acceptors (Lipinski definition) is 6. The quantitative estimate of drug-likeness (QED) is 0.357. The van der Waals surface area contributed by atoms with E-state index in [1.807, 2.05) is 40.0 Å². The summed E-state index contributed by atoms with van der Waals surface area (Å²) in [7, 11) is 3.44. The number of ketones is 1. The van der Waals surface area contributed by atoms with Gasteiger partial charge in [-0.15, -0.1) is 11.3 Å². The zero-order valence-corrected chi connectivity index (χ0v) is 23.2. The van der Waals surface area contributed by atoms with E-state index in [2.05, 4.69) is 10.6 Å². The minimum Gasteiger partial charge on any atom is -0.494 e. The zero-order chi connectivity index (χ0) is 26.6. The van der Waals surface area contributed by atoms with Crippen LogP contribution in [0.5, 0.6) is 5.75 Å². The molecule has 8 heteroatoms. The third-order valence-electron chi connectivity index (χ3n) is 7.15. The van der Waals surface area contributed by atoms with Crippen molar-refractivity contribution in [3.63, 3.8) is 0 Å². The first-order valence-corrected chi connectivity index (χ1v) is 13.7. The van der Waals surface area contributed by atoms with Crippen LogP contribution in [0.3, 0.4) is 0 Å². The van der Waals surface area contributed by atoms with E-state index in [0.717, 1.165) is 48.1 Å². The molecule has 7 nitrogen and oxygen atoms in total. The van der Waals surface area contributed by atoms with Crippen LogP contribution in [-0.4, -0.2) is 41.1 Å². The van der Waals surface area contributed by atoms with Gasteiger partial charge in [-0.2, -0.15) is 0 Å². The summed E-state index contributed by atoms with van der Waals surface area (Å²) in [6.07, 6.45) is 6.23. The standard InChI is InChI=1S/C29H34N2O5S/c1-16(32)21-15-31(18-10-11-18)24-20(25(21)33)13-12-19(26(24)35-6)23-14-17-8-7-9-22(27(17)37-23)30(5)28(34)36-29(2,3)4/h12-15,18,22H,7-11H2,1-6H3. The Balaban J connectivity index is 1.61. The molecule has 2 aliphatic carbocycles. The molecule has 1 unspecified atom stereocenters. The van der Waals surface area contributed by atoms with Crippen LogP contribution in [0.2, 0.25) is 0 Å². The number of carbonyl (C=O) groups is 2. The van der Waals surface area contributed by atoms with Crippen LogP contribution >= 0.6 is 11.3 Å². The van der Waals surface area contributed by atoms with Crippen molar-refractivity contribution in [2.75, 3.05) is 14.2 Å². The number of hydrogen-bond donors (Lipinski definition) is 0. The highest BCUT2D eigenvalue weighted by Crippen LogP contribution is 2.47. The van der Waals surface area contributed by atoms with E-state index in [-0.39, 0.29) is 35.0 Å². The number of aromatic nitrogens is 1. The van der Waals surface area contributed by atoms with E-state index < -0.39 is 5.60 Å². The van der Waals surface area contributed by atoms with E-state index in [1.165, 1.54) is 17.4 Å². The SMILES string of the molecule is COc1c(-c2cc3c(s2)C(N(C)C(=O)OC(C)(C)C)CCC3)ccc2c(=O)c(C(C)=O)cn(C3CC3)c12. The van der Waals surface area contributed by atoms with Gasteiger partial charge in [-0.25, -0.2) is 4.79 Å². The van der Waals surface area contributed by atoms with Gasteiger partial charge in [0.25, 0.3) is 0 Å². The number of benzene rings is 1. The molecule has 1 fully saturated rings. The van der Waals surface area contributed by atoms with Crippen LogP contribution in [-0.2, 0) is 11.2 Å². The molecule has 196 valence electrons. The maximum atomic E-state index is 13.2. The molecule has 2 heterocycles. The smallest absolute Gasteiger partial charge is 0.410 e. The topological polar surface area (TPSA) is 77.8 Å². The highest BCUT2D eigenvalue weighted by Gasteiger charge is 2.33. The fourth-order valence-electron chi connectivity index (χ4n) is 5.21. The first-order valence-electron chi connectivity index (χ1n) is 12.9. The Morgan fingerprint density at radius 2 is 1.89 bits per heavy atom. The minimum atomic E-state index is -0.554. The molecule has 0 spiro atoms. The number of rotatable bonds is 5. The highest BCUT2D eigenvalue weighted by atomic mass is 32.1. The Labute approximate surface area is 221 Å². The van der Waals surface area contributed by atoms with Crippen LogP contribution in [0, 0.1) is 0 Å². The lowest BCUT2D eigenvalue weighted by Crippen LogP contribution is -2.37. The van der Waals surface area contributed by atoms with Crippen LogP contribution in [0.1, 0.15) is 86.3 Å². The molecule has 2 aromatic heterocycles. The number of nitrogens with zero attached hydrogens (tertiary/aromatic N) is 2. The number of aryl methyl sites for hydroxylation is 1.